The molecule has 4 aliphatic rings. The van der Waals surface area contributed by atoms with Crippen molar-refractivity contribution in [1.29, 1.82) is 0 Å². The molecule has 0 bridgehead atoms. The topological polar surface area (TPSA) is 217 Å². The van der Waals surface area contributed by atoms with Crippen LogP contribution in [0.4, 0.5) is 46.4 Å². The van der Waals surface area contributed by atoms with Crippen LogP contribution in [-0.4, -0.2) is 149 Å². The molecule has 0 spiro atoms. The van der Waals surface area contributed by atoms with Gasteiger partial charge in [0.2, 0.25) is 0 Å². The zero-order chi connectivity index (χ0) is 73.9. The van der Waals surface area contributed by atoms with Gasteiger partial charge in [-0.1, -0.05) is 131 Å². The van der Waals surface area contributed by atoms with Gasteiger partial charge in [0.05, 0.1) is 31.5 Å². The Labute approximate surface area is 598 Å². The lowest BCUT2D eigenvalue weighted by Crippen LogP contribution is -2.42. The Kier molecular flexibility index (Phi) is 26.5. The zero-order valence-electron chi connectivity index (χ0n) is 56.6. The summed E-state index contributed by atoms with van der Waals surface area (Å²) >= 11 is 24.2. The van der Waals surface area contributed by atoms with Gasteiger partial charge in [-0.15, -0.1) is 0 Å². The molecule has 29 heteroatoms. The van der Waals surface area contributed by atoms with Crippen LogP contribution in [0.1, 0.15) is 118 Å². The fraction of sp³-hybridized carbons (Fsp3) is 0.423. The van der Waals surface area contributed by atoms with Crippen LogP contribution in [0, 0.1) is 0 Å². The van der Waals surface area contributed by atoms with E-state index in [0.29, 0.717) is 66.6 Å². The van der Waals surface area contributed by atoms with Gasteiger partial charge in [-0.2, -0.15) is 39.9 Å². The molecule has 18 nitrogen and oxygen atoms in total. The van der Waals surface area contributed by atoms with Crippen molar-refractivity contribution in [2.45, 2.75) is 142 Å². The van der Waals surface area contributed by atoms with Crippen LogP contribution >= 0.6 is 46.4 Å². The number of phenols is 2. The van der Waals surface area contributed by atoms with Gasteiger partial charge in [-0.25, -0.2) is 14.4 Å². The average molecular weight is 1500 g/mol. The molecule has 0 fully saturated rings. The van der Waals surface area contributed by atoms with E-state index >= 15 is 0 Å². The molecule has 0 saturated heterocycles. The number of aromatic hydroxyl groups is 2. The summed E-state index contributed by atoms with van der Waals surface area (Å²) in [4.78, 5) is 53.8. The number of fused-ring (bicyclic) bond motifs is 4. The number of benzene rings is 6. The highest BCUT2D eigenvalue weighted by molar-refractivity contribution is 7.88. The number of phenolic OH excluding ortho intramolecular Hbond substituents is 2. The lowest BCUT2D eigenvalue weighted by molar-refractivity contribution is -0.185. The number of hydrogen-bond donors (Lipinski definition) is 3. The maximum atomic E-state index is 12.7. The van der Waals surface area contributed by atoms with Gasteiger partial charge >= 0.3 is 46.0 Å². The van der Waals surface area contributed by atoms with Crippen molar-refractivity contribution in [3.63, 3.8) is 0 Å². The van der Waals surface area contributed by atoms with Crippen LogP contribution in [-0.2, 0) is 80.5 Å². The Morgan fingerprint density at radius 3 is 1.14 bits per heavy atom. The fourth-order valence-electron chi connectivity index (χ4n) is 11.0. The van der Waals surface area contributed by atoms with Gasteiger partial charge in [0, 0.05) is 80.2 Å². The third-order valence-electron chi connectivity index (χ3n) is 15.8. The Balaban J connectivity index is 0.000000193. The number of amides is 4. The number of hydrogen-bond acceptors (Lipinski definition) is 14. The number of carbonyl (C=O) groups is 4. The number of rotatable bonds is 6. The van der Waals surface area contributed by atoms with Crippen LogP contribution in [0.2, 0.25) is 20.1 Å². The zero-order valence-corrected chi connectivity index (χ0v) is 60.4. The summed E-state index contributed by atoms with van der Waals surface area (Å²) in [6.07, 6.45) is -2.57. The molecular weight excluding hydrogens is 1420 g/mol. The summed E-state index contributed by atoms with van der Waals surface area (Å²) in [5, 5.41) is 25.5. The van der Waals surface area contributed by atoms with E-state index in [-0.39, 0.29) is 91.2 Å². The van der Waals surface area contributed by atoms with Gasteiger partial charge in [0.25, 0.3) is 0 Å². The molecule has 4 aliphatic heterocycles. The molecule has 542 valence electrons. The summed E-state index contributed by atoms with van der Waals surface area (Å²) < 4.78 is 118. The second-order valence-corrected chi connectivity index (χ2v) is 29.8. The molecule has 0 aliphatic carbocycles. The van der Waals surface area contributed by atoms with Crippen molar-refractivity contribution >= 4 is 92.1 Å². The van der Waals surface area contributed by atoms with Gasteiger partial charge in [0.15, 0.2) is 5.75 Å². The number of halogens is 10. The second kappa shape index (κ2) is 33.3. The lowest BCUT2D eigenvalue weighted by Gasteiger charge is -2.26. The average Bonchev–Trinajstić information content (AvgIpc) is 1.30. The van der Waals surface area contributed by atoms with Crippen molar-refractivity contribution < 1.29 is 82.5 Å². The number of carbonyl (C=O) groups excluding carboxylic acids is 4. The van der Waals surface area contributed by atoms with E-state index in [0.717, 1.165) is 61.7 Å². The SMILES string of the molecule is CC(C)(C)OC(=O)N1CCc2ccc(Cl)c(NN=C(c3ccccc3)c3ccccc3)c2CC1.CC(C)(C)OC(=O)N1CCc2ccc(Cl)c(O)c2CC1.CC(C)(C)OC(=O)N1CCc2ccc(Cl)c(OS(=O)(=O)C(F)(F)F)c2CC1.O=C(N1CCc2ccc(Cl)c(O)c2CC1)C(F)(F)F. The molecule has 0 radical (unpaired) electrons. The minimum Gasteiger partial charge on any atom is -0.506 e. The van der Waals surface area contributed by atoms with Crippen LogP contribution in [0.25, 0.3) is 0 Å². The quantitative estimate of drug-likeness (QED) is 0.0354. The fourth-order valence-corrected chi connectivity index (χ4v) is 12.3. The molecule has 3 N–H and O–H groups in total. The van der Waals surface area contributed by atoms with Crippen molar-refractivity contribution in [2.75, 3.05) is 57.8 Å². The molecule has 0 saturated carbocycles. The summed E-state index contributed by atoms with van der Waals surface area (Å²) in [7, 11) is -5.86. The van der Waals surface area contributed by atoms with Crippen LogP contribution in [0.3, 0.4) is 0 Å². The predicted molar refractivity (Wildman–Crippen MR) is 373 cm³/mol. The molecule has 0 unspecified atom stereocenters. The highest BCUT2D eigenvalue weighted by Crippen LogP contribution is 2.39. The molecule has 100 heavy (non-hydrogen) atoms. The number of nitrogens with one attached hydrogen (secondary N) is 1. The summed E-state index contributed by atoms with van der Waals surface area (Å²) in [6, 6.07) is 33.7. The lowest BCUT2D eigenvalue weighted by atomic mass is 10.0. The summed E-state index contributed by atoms with van der Waals surface area (Å²) in [5.41, 5.74) is 5.75. The molecule has 6 aromatic carbocycles. The normalized spacial score (nSPS) is 14.9. The van der Waals surface area contributed by atoms with Crippen molar-refractivity contribution in [3.8, 4) is 17.2 Å². The summed E-state index contributed by atoms with van der Waals surface area (Å²) in [6.45, 7) is 18.9. The van der Waals surface area contributed by atoms with E-state index in [4.69, 9.17) is 65.7 Å². The van der Waals surface area contributed by atoms with E-state index in [1.165, 1.54) is 17.0 Å². The molecule has 10 rings (SSSR count). The maximum Gasteiger partial charge on any atom is 0.534 e. The smallest absolute Gasteiger partial charge is 0.506 e. The first kappa shape index (κ1) is 79.5. The van der Waals surface area contributed by atoms with E-state index in [9.17, 15) is 64.2 Å². The standard InChI is InChI=1S/C28H30ClN3O2.C16H19ClF3NO5S.C15H20ClNO3.C12H11ClF3NO2/c1-28(2,3)34-27(33)32-18-16-20-14-15-24(29)26(23(20)17-19-32)31-30-25(21-10-6-4-7-11-21)22-12-8-5-9-13-22;1-15(2,3)25-14(22)21-8-6-10-4-5-12(17)13(11(10)7-9-21)26-27(23,24)16(18,19)20;1-15(2,3)20-14(19)17-8-6-10-4-5-12(16)13(18)11(10)7-9-17;13-9-2-1-7-3-5-17(11(19)12(14,15)16)6-4-8(7)10(9)18/h4-15,31H,16-19H2,1-3H3;4-5H,6-9H2,1-3H3;4-5,18H,6-9H2,1-3H3;1-2,18H,3-6H2. The Morgan fingerprint density at radius 1 is 0.440 bits per heavy atom. The van der Waals surface area contributed by atoms with Crippen molar-refractivity contribution in [2.24, 2.45) is 5.10 Å². The van der Waals surface area contributed by atoms with Gasteiger partial charge in [0.1, 0.15) is 28.3 Å². The number of hydrazone groups is 1. The number of ether oxygens (including phenoxy) is 3. The molecule has 4 amide bonds. The molecule has 0 atom stereocenters. The van der Waals surface area contributed by atoms with Crippen molar-refractivity contribution in [1.82, 2.24) is 19.6 Å². The van der Waals surface area contributed by atoms with E-state index in [2.05, 4.69) is 9.61 Å². The number of nitrogens with zero attached hydrogens (tertiary/aromatic N) is 5. The molecule has 0 aromatic heterocycles. The third kappa shape index (κ3) is 22.1. The largest absolute Gasteiger partial charge is 0.534 e. The minimum absolute atomic E-state index is 0.0214. The highest BCUT2D eigenvalue weighted by Gasteiger charge is 2.49. The molecule has 6 aromatic rings. The number of alkyl halides is 6. The van der Waals surface area contributed by atoms with Crippen molar-refractivity contribution in [3.05, 3.63) is 185 Å². The van der Waals surface area contributed by atoms with Crippen LogP contribution < -0.4 is 9.61 Å². The molecular formula is C71H80Cl4F6N6O12S. The first-order chi connectivity index (χ1) is 46.6. The summed E-state index contributed by atoms with van der Waals surface area (Å²) in [5.74, 6) is -2.38. The van der Waals surface area contributed by atoms with E-state index in [1.54, 1.807) is 48.8 Å². The monoisotopic (exact) mass is 1490 g/mol. The third-order valence-corrected chi connectivity index (χ3v) is 18.0. The van der Waals surface area contributed by atoms with Crippen LogP contribution in [0.15, 0.2) is 114 Å². The maximum absolute atomic E-state index is 12.7. The van der Waals surface area contributed by atoms with E-state index < -0.39 is 56.4 Å². The highest BCUT2D eigenvalue weighted by atomic mass is 35.5. The first-order valence-electron chi connectivity index (χ1n) is 32.0. The van der Waals surface area contributed by atoms with Gasteiger partial charge in [-0.05, 0) is 166 Å². The Bertz CT molecular complexity index is 4020. The Hall–Kier alpha value is -7.84. The van der Waals surface area contributed by atoms with Gasteiger partial charge in [-0.3, -0.25) is 10.2 Å². The Morgan fingerprint density at radius 2 is 0.760 bits per heavy atom. The van der Waals surface area contributed by atoms with Gasteiger partial charge < -0.3 is 48.2 Å². The number of anilines is 1. The predicted octanol–water partition coefficient (Wildman–Crippen LogP) is 16.4. The first-order valence-corrected chi connectivity index (χ1v) is 34.9. The second-order valence-electron chi connectivity index (χ2n) is 26.6. The minimum atomic E-state index is -5.86. The molecule has 4 heterocycles. The van der Waals surface area contributed by atoms with Crippen LogP contribution in [0.5, 0.6) is 17.2 Å². The van der Waals surface area contributed by atoms with E-state index in [1.807, 2.05) is 120 Å².